The van der Waals surface area contributed by atoms with Gasteiger partial charge in [-0.3, -0.25) is 4.58 Å². The lowest BCUT2D eigenvalue weighted by Crippen LogP contribution is -2.55. The van der Waals surface area contributed by atoms with E-state index in [1.807, 2.05) is 0 Å². The highest BCUT2D eigenvalue weighted by Crippen LogP contribution is 2.49. The average molecular weight is 326 g/mol. The van der Waals surface area contributed by atoms with Crippen LogP contribution in [0.25, 0.3) is 0 Å². The minimum Gasteiger partial charge on any atom is -0.269 e. The lowest BCUT2D eigenvalue weighted by Gasteiger charge is -2.30. The van der Waals surface area contributed by atoms with E-state index in [2.05, 4.69) is 14.5 Å². The van der Waals surface area contributed by atoms with Crippen LogP contribution in [0.1, 0.15) is 12.8 Å². The van der Waals surface area contributed by atoms with Crippen LogP contribution >= 0.6 is 0 Å². The quantitative estimate of drug-likeness (QED) is 0.311. The van der Waals surface area contributed by atoms with Gasteiger partial charge in [0.05, 0.1) is 0 Å². The molecular formula is C6H7F9O3Si. The lowest BCUT2D eigenvalue weighted by atomic mass is 10.1. The molecule has 0 amide bonds. The first-order valence-corrected chi connectivity index (χ1v) is 5.17. The molecule has 0 bridgehead atoms. The molecule has 0 radical (unpaired) electrons. The summed E-state index contributed by atoms with van der Waals surface area (Å²) in [7, 11) is -0.408. The Morgan fingerprint density at radius 3 is 1.63 bits per heavy atom. The van der Waals surface area contributed by atoms with Gasteiger partial charge in [-0.05, 0) is 0 Å². The van der Waals surface area contributed by atoms with Crippen molar-refractivity contribution >= 4 is 10.5 Å². The average Bonchev–Trinajstić information content (AvgIpc) is 2.22. The molecule has 0 aromatic carbocycles. The first-order chi connectivity index (χ1) is 8.27. The third kappa shape index (κ3) is 4.81. The van der Waals surface area contributed by atoms with Crippen LogP contribution in [0.2, 0.25) is 0 Å². The van der Waals surface area contributed by atoms with E-state index in [4.69, 9.17) is 0 Å². The van der Waals surface area contributed by atoms with Gasteiger partial charge in [0.2, 0.25) is 0 Å². The number of hydrogen-bond acceptors (Lipinski definition) is 3. The van der Waals surface area contributed by atoms with Crippen molar-refractivity contribution in [1.29, 1.82) is 0 Å². The number of halogens is 9. The van der Waals surface area contributed by atoms with Gasteiger partial charge < -0.3 is 0 Å². The van der Waals surface area contributed by atoms with Crippen molar-refractivity contribution < 1.29 is 54.0 Å². The summed E-state index contributed by atoms with van der Waals surface area (Å²) in [4.78, 5) is 2.63. The molecule has 0 aliphatic carbocycles. The normalized spacial score (nSPS) is 15.0. The summed E-state index contributed by atoms with van der Waals surface area (Å²) in [5.41, 5.74) is 0. The second kappa shape index (κ2) is 5.84. The van der Waals surface area contributed by atoms with Crippen LogP contribution in [0.4, 0.5) is 39.5 Å². The van der Waals surface area contributed by atoms with Gasteiger partial charge in [-0.2, -0.15) is 39.5 Å². The fourth-order valence-electron chi connectivity index (χ4n) is 0.798. The molecule has 13 heteroatoms. The van der Waals surface area contributed by atoms with Crippen molar-refractivity contribution in [3.8, 4) is 0 Å². The molecule has 0 aliphatic heterocycles. The van der Waals surface area contributed by atoms with Crippen molar-refractivity contribution in [1.82, 2.24) is 0 Å². The smallest absolute Gasteiger partial charge is 0.269 e. The molecule has 0 heterocycles. The molecule has 0 unspecified atom stereocenters. The second-order valence-electron chi connectivity index (χ2n) is 3.23. The zero-order valence-corrected chi connectivity index (χ0v) is 11.0. The van der Waals surface area contributed by atoms with Crippen molar-refractivity contribution in [2.45, 2.75) is 37.0 Å². The fraction of sp³-hybridized carbons (Fsp3) is 1.00. The molecule has 0 aromatic heterocycles. The first-order valence-electron chi connectivity index (χ1n) is 4.35. The van der Waals surface area contributed by atoms with Crippen molar-refractivity contribution in [3.05, 3.63) is 0 Å². The Hall–Kier alpha value is -0.533. The van der Waals surface area contributed by atoms with E-state index in [0.29, 0.717) is 0 Å². The molecule has 0 atom stereocenters. The van der Waals surface area contributed by atoms with E-state index in [-0.39, 0.29) is 0 Å². The van der Waals surface area contributed by atoms with E-state index in [0.717, 1.165) is 0 Å². The van der Waals surface area contributed by atoms with Gasteiger partial charge in [-0.1, -0.05) is 5.04 Å². The lowest BCUT2D eigenvalue weighted by molar-refractivity contribution is -0.581. The largest absolute Gasteiger partial charge is 0.453 e. The summed E-state index contributed by atoms with van der Waals surface area (Å²) in [5, 5.41) is 3.00. The van der Waals surface area contributed by atoms with Crippen LogP contribution in [0.15, 0.2) is 0 Å². The van der Waals surface area contributed by atoms with Gasteiger partial charge in [0.25, 0.3) is 0 Å². The molecule has 0 saturated carbocycles. The van der Waals surface area contributed by atoms with Crippen LogP contribution in [-0.4, -0.2) is 34.6 Å². The van der Waals surface area contributed by atoms with Gasteiger partial charge >= 0.3 is 24.1 Å². The summed E-state index contributed by atoms with van der Waals surface area (Å²) in [6.07, 6.45) is -16.0. The Bertz CT molecular complexity index is 292. The van der Waals surface area contributed by atoms with Gasteiger partial charge in [-0.25, -0.2) is 0 Å². The number of alkyl halides is 9. The maximum atomic E-state index is 12.8. The third-order valence-corrected chi connectivity index (χ3v) is 1.89. The SMILES string of the molecule is FC(F)(F)CCC(F)(F)C(F)(F)C(F)(F)OOO[SiH3]. The van der Waals surface area contributed by atoms with E-state index in [9.17, 15) is 39.5 Å². The molecule has 0 aliphatic rings. The molecule has 0 aromatic rings. The van der Waals surface area contributed by atoms with Crippen LogP contribution in [0.5, 0.6) is 0 Å². The van der Waals surface area contributed by atoms with Crippen LogP contribution < -0.4 is 0 Å². The van der Waals surface area contributed by atoms with E-state index in [1.54, 1.807) is 0 Å². The van der Waals surface area contributed by atoms with Crippen LogP contribution in [0, 0.1) is 0 Å². The zero-order valence-electron chi connectivity index (χ0n) is 9.04. The van der Waals surface area contributed by atoms with Crippen molar-refractivity contribution in [2.75, 3.05) is 0 Å². The fourth-order valence-corrected chi connectivity index (χ4v) is 0.866. The maximum Gasteiger partial charge on any atom is 0.453 e. The minimum atomic E-state index is -6.22. The van der Waals surface area contributed by atoms with Gasteiger partial charge in [-0.15, -0.1) is 4.89 Å². The highest BCUT2D eigenvalue weighted by atomic mass is 28.2. The molecule has 0 rings (SSSR count). The van der Waals surface area contributed by atoms with E-state index in [1.165, 1.54) is 0 Å². The Labute approximate surface area is 103 Å². The summed E-state index contributed by atoms with van der Waals surface area (Å²) < 4.78 is 115. The summed E-state index contributed by atoms with van der Waals surface area (Å²) in [6.45, 7) is 0. The minimum absolute atomic E-state index is 0.408. The first kappa shape index (κ1) is 18.5. The molecule has 19 heavy (non-hydrogen) atoms. The highest BCUT2D eigenvalue weighted by molar-refractivity contribution is 5.97. The Morgan fingerprint density at radius 1 is 0.789 bits per heavy atom. The standard InChI is InChI=1S/C6H7F9O3Si/c7-3(8,1-2-4(9,10)11)5(12,13)6(14,15)16-17-18-19/h1-2H2,19H3. The Kier molecular flexibility index (Phi) is 5.68. The Balaban J connectivity index is 4.93. The second-order valence-corrected chi connectivity index (χ2v) is 3.56. The maximum absolute atomic E-state index is 12.8. The summed E-state index contributed by atoms with van der Waals surface area (Å²) in [5.74, 6) is -11.9. The van der Waals surface area contributed by atoms with Crippen molar-refractivity contribution in [3.63, 3.8) is 0 Å². The molecule has 0 saturated heterocycles. The van der Waals surface area contributed by atoms with Gasteiger partial charge in [0, 0.05) is 12.8 Å². The van der Waals surface area contributed by atoms with Crippen LogP contribution in [0.3, 0.4) is 0 Å². The molecule has 0 fully saturated rings. The molecular weight excluding hydrogens is 319 g/mol. The summed E-state index contributed by atoms with van der Waals surface area (Å²) in [6, 6.07) is 0. The van der Waals surface area contributed by atoms with Crippen LogP contribution in [-0.2, 0) is 14.5 Å². The van der Waals surface area contributed by atoms with Crippen molar-refractivity contribution in [2.24, 2.45) is 0 Å². The third-order valence-electron chi connectivity index (χ3n) is 1.75. The molecule has 116 valence electrons. The summed E-state index contributed by atoms with van der Waals surface area (Å²) >= 11 is 0. The number of rotatable bonds is 7. The van der Waals surface area contributed by atoms with Gasteiger partial charge in [0.1, 0.15) is 0 Å². The van der Waals surface area contributed by atoms with E-state index >= 15 is 0 Å². The predicted molar refractivity (Wildman–Crippen MR) is 43.3 cm³/mol. The monoisotopic (exact) mass is 326 g/mol. The Morgan fingerprint density at radius 2 is 1.26 bits per heavy atom. The van der Waals surface area contributed by atoms with E-state index < -0.39 is 47.5 Å². The molecule has 0 N–H and O–H groups in total. The van der Waals surface area contributed by atoms with Gasteiger partial charge in [0.15, 0.2) is 10.5 Å². The topological polar surface area (TPSA) is 27.7 Å². The number of hydrogen-bond donors (Lipinski definition) is 0. The molecule has 0 spiro atoms. The molecule has 3 nitrogen and oxygen atoms in total. The zero-order chi connectivity index (χ0) is 15.5. The predicted octanol–water partition coefficient (Wildman–Crippen LogP) is 2.35. The highest BCUT2D eigenvalue weighted by Gasteiger charge is 2.74.